The number of hydrogen-bond acceptors (Lipinski definition) is 7. The second kappa shape index (κ2) is 14.9. The molecule has 2 N–H and O–H groups in total. The van der Waals surface area contributed by atoms with Crippen LogP contribution in [-0.4, -0.2) is 63.1 Å². The van der Waals surface area contributed by atoms with Crippen LogP contribution in [0, 0.1) is 11.8 Å². The molecule has 0 aromatic heterocycles. The number of nitrogens with zero attached hydrogens (tertiary/aromatic N) is 4. The minimum atomic E-state index is -1.65. The van der Waals surface area contributed by atoms with Crippen molar-refractivity contribution in [2.75, 3.05) is 21.3 Å². The van der Waals surface area contributed by atoms with Gasteiger partial charge in [-0.2, -0.15) is 0 Å². The van der Waals surface area contributed by atoms with Gasteiger partial charge in [-0.15, -0.1) is 0 Å². The highest BCUT2D eigenvalue weighted by Gasteiger charge is 2.66. The fourth-order valence-electron chi connectivity index (χ4n) is 12.2. The maximum absolute atomic E-state index is 15.7. The van der Waals surface area contributed by atoms with Gasteiger partial charge in [0.2, 0.25) is 5.91 Å². The molecule has 12 rings (SSSR count). The third-order valence-corrected chi connectivity index (χ3v) is 15.1. The number of benzene rings is 7. The predicted octanol–water partition coefficient (Wildman–Crippen LogP) is 9.08. The van der Waals surface area contributed by atoms with E-state index in [2.05, 4.69) is 0 Å². The zero-order valence-corrected chi connectivity index (χ0v) is 37.3. The number of fused-ring (bicyclic) bond motifs is 3. The van der Waals surface area contributed by atoms with Gasteiger partial charge in [0.1, 0.15) is 0 Å². The van der Waals surface area contributed by atoms with Crippen molar-refractivity contribution in [3.8, 4) is 0 Å². The molecule has 1 fully saturated rings. The van der Waals surface area contributed by atoms with Gasteiger partial charge in [0.15, 0.2) is 5.60 Å². The van der Waals surface area contributed by atoms with E-state index < -0.39 is 35.2 Å². The first-order valence-electron chi connectivity index (χ1n) is 23.0. The van der Waals surface area contributed by atoms with Crippen molar-refractivity contribution in [3.63, 3.8) is 0 Å². The molecule has 7 aromatic rings. The Morgan fingerprint density at radius 3 is 1.91 bits per heavy atom. The molecule has 7 aromatic carbocycles. The molecule has 0 aliphatic carbocycles. The van der Waals surface area contributed by atoms with Gasteiger partial charge < -0.3 is 24.7 Å². The molecule has 0 radical (unpaired) electrons. The Morgan fingerprint density at radius 2 is 1.30 bits per heavy atom. The number of anilines is 5. The van der Waals surface area contributed by atoms with E-state index in [1.54, 1.807) is 33.4 Å². The number of aliphatic hydroxyl groups excluding tert-OH is 1. The maximum Gasteiger partial charge on any atom is 0.264 e. The standard InChI is InChI=1S/C56H48N4O7/c1-32-51(55(2,3)66)47(28-48(62)57-30-37-11-5-4-10-36(37)26-40(57)31-61)67-56(32)43-27-39(60-46-19-9-15-35-13-7-17-42(50(35)46)53(60)64)24-25-44(43)58(54(56)65)29-33-20-22-38(23-21-33)59-45-18-8-14-34-12-6-16-41(49(34)45)52(59)63/h4-25,27,32,40,47,51,61,66H,26,28-31H2,1-3H3/t32-,40-,47+,51-,56+/m0/s1. The molecule has 11 heteroatoms. The minimum absolute atomic E-state index is 0.101. The van der Waals surface area contributed by atoms with Crippen molar-refractivity contribution >= 4 is 73.6 Å². The predicted molar refractivity (Wildman–Crippen MR) is 257 cm³/mol. The Labute approximate surface area is 387 Å². The zero-order chi connectivity index (χ0) is 46.1. The molecular formula is C56H48N4O7. The maximum atomic E-state index is 15.7. The van der Waals surface area contributed by atoms with Crippen LogP contribution >= 0.6 is 0 Å². The van der Waals surface area contributed by atoms with E-state index >= 15 is 4.79 Å². The molecular weight excluding hydrogens is 841 g/mol. The summed E-state index contributed by atoms with van der Waals surface area (Å²) in [6, 6.07) is 43.9. The molecule has 11 nitrogen and oxygen atoms in total. The van der Waals surface area contributed by atoms with Crippen molar-refractivity contribution in [2.45, 2.75) is 70.1 Å². The van der Waals surface area contributed by atoms with Crippen LogP contribution < -0.4 is 14.7 Å². The van der Waals surface area contributed by atoms with Gasteiger partial charge in [-0.1, -0.05) is 91.9 Å². The van der Waals surface area contributed by atoms with Gasteiger partial charge in [0.25, 0.3) is 17.7 Å². The van der Waals surface area contributed by atoms with Gasteiger partial charge in [0, 0.05) is 46.1 Å². The SMILES string of the molecule is C[C@H]1[C@H](C(C)(C)O)[C@@H](CC(=O)N2Cc3ccccc3C[C@H]2CO)O[C@]12C(=O)N(Cc1ccc(N3C(=O)c4cccc5cccc3c45)cc1)c1ccc(N3C(=O)c4cccc5cccc3c45)cc12. The first-order chi connectivity index (χ1) is 32.4. The van der Waals surface area contributed by atoms with Crippen LogP contribution in [0.4, 0.5) is 28.4 Å². The summed E-state index contributed by atoms with van der Waals surface area (Å²) in [6.45, 7) is 5.58. The lowest BCUT2D eigenvalue weighted by Crippen LogP contribution is -2.48. The quantitative estimate of drug-likeness (QED) is 0.156. The molecule has 5 heterocycles. The average molecular weight is 889 g/mol. The Kier molecular flexibility index (Phi) is 9.19. The Balaban J connectivity index is 0.928. The van der Waals surface area contributed by atoms with E-state index in [0.29, 0.717) is 46.7 Å². The van der Waals surface area contributed by atoms with Gasteiger partial charge >= 0.3 is 0 Å². The highest BCUT2D eigenvalue weighted by Crippen LogP contribution is 2.59. The molecule has 1 spiro atoms. The zero-order valence-electron chi connectivity index (χ0n) is 37.3. The molecule has 5 aliphatic heterocycles. The van der Waals surface area contributed by atoms with Crippen LogP contribution in [0.2, 0.25) is 0 Å². The summed E-state index contributed by atoms with van der Waals surface area (Å²) in [4.78, 5) is 65.2. The lowest BCUT2D eigenvalue weighted by Gasteiger charge is -2.38. The van der Waals surface area contributed by atoms with Crippen LogP contribution in [0.5, 0.6) is 0 Å². The van der Waals surface area contributed by atoms with E-state index in [1.165, 1.54) is 0 Å². The number of rotatable bonds is 8. The van der Waals surface area contributed by atoms with Gasteiger partial charge in [0.05, 0.1) is 65.5 Å². The first kappa shape index (κ1) is 41.3. The normalized spacial score (nSPS) is 22.8. The molecule has 5 aliphatic rings. The summed E-state index contributed by atoms with van der Waals surface area (Å²) in [6.07, 6.45) is -0.510. The molecule has 5 atom stereocenters. The van der Waals surface area contributed by atoms with Crippen molar-refractivity contribution < 1.29 is 34.1 Å². The largest absolute Gasteiger partial charge is 0.394 e. The number of carbonyl (C=O) groups is 4. The average Bonchev–Trinajstić information content (AvgIpc) is 3.98. The molecule has 0 unspecified atom stereocenters. The van der Waals surface area contributed by atoms with E-state index in [-0.39, 0.29) is 43.2 Å². The van der Waals surface area contributed by atoms with Crippen molar-refractivity contribution in [1.29, 1.82) is 0 Å². The Hall–Kier alpha value is -7.18. The summed E-state index contributed by atoms with van der Waals surface area (Å²) in [7, 11) is 0. The summed E-state index contributed by atoms with van der Waals surface area (Å²) < 4.78 is 7.18. The Bertz CT molecular complexity index is 3260. The minimum Gasteiger partial charge on any atom is -0.394 e. The van der Waals surface area contributed by atoms with Crippen molar-refractivity contribution in [3.05, 3.63) is 173 Å². The first-order valence-corrected chi connectivity index (χ1v) is 23.0. The molecule has 0 saturated carbocycles. The smallest absolute Gasteiger partial charge is 0.264 e. The van der Waals surface area contributed by atoms with Gasteiger partial charge in [-0.25, -0.2) is 0 Å². The summed E-state index contributed by atoms with van der Waals surface area (Å²) >= 11 is 0. The lowest BCUT2D eigenvalue weighted by molar-refractivity contribution is -0.151. The fourth-order valence-corrected chi connectivity index (χ4v) is 12.2. The number of aliphatic hydroxyl groups is 2. The molecule has 1 saturated heterocycles. The second-order valence-corrected chi connectivity index (χ2v) is 19.3. The van der Waals surface area contributed by atoms with Crippen molar-refractivity contribution in [1.82, 2.24) is 4.90 Å². The molecule has 0 bridgehead atoms. The van der Waals surface area contributed by atoms with Crippen LogP contribution in [0.15, 0.2) is 140 Å². The summed E-state index contributed by atoms with van der Waals surface area (Å²) in [5.74, 6) is -2.18. The molecule has 4 amide bonds. The summed E-state index contributed by atoms with van der Waals surface area (Å²) in [5, 5.41) is 26.3. The van der Waals surface area contributed by atoms with Gasteiger partial charge in [-0.05, 0) is 102 Å². The third-order valence-electron chi connectivity index (χ3n) is 15.1. The van der Waals surface area contributed by atoms with E-state index in [4.69, 9.17) is 4.74 Å². The number of carbonyl (C=O) groups excluding carboxylic acids is 4. The third kappa shape index (κ3) is 6.01. The van der Waals surface area contributed by atoms with Crippen molar-refractivity contribution in [2.24, 2.45) is 11.8 Å². The molecule has 334 valence electrons. The number of ether oxygens (including phenoxy) is 1. The highest BCUT2D eigenvalue weighted by molar-refractivity contribution is 6.29. The topological polar surface area (TPSA) is 131 Å². The number of hydrogen-bond donors (Lipinski definition) is 2. The van der Waals surface area contributed by atoms with Crippen LogP contribution in [0.25, 0.3) is 21.5 Å². The number of amides is 4. The second-order valence-electron chi connectivity index (χ2n) is 19.3. The molecule has 67 heavy (non-hydrogen) atoms. The fraction of sp³-hybridized carbons (Fsp3) is 0.250. The monoisotopic (exact) mass is 888 g/mol. The lowest BCUT2D eigenvalue weighted by atomic mass is 9.70. The van der Waals surface area contributed by atoms with E-state index in [9.17, 15) is 24.6 Å². The van der Waals surface area contributed by atoms with Gasteiger partial charge in [-0.3, -0.25) is 29.0 Å². The van der Waals surface area contributed by atoms with Crippen LogP contribution in [0.1, 0.15) is 70.2 Å². The van der Waals surface area contributed by atoms with E-state index in [0.717, 1.165) is 49.6 Å². The van der Waals surface area contributed by atoms with E-state index in [1.807, 2.05) is 146 Å². The highest BCUT2D eigenvalue weighted by atomic mass is 16.5. The van der Waals surface area contributed by atoms with Crippen LogP contribution in [0.3, 0.4) is 0 Å². The Morgan fingerprint density at radius 1 is 0.716 bits per heavy atom. The van der Waals surface area contributed by atoms with Crippen LogP contribution in [-0.2, 0) is 39.4 Å². The summed E-state index contributed by atoms with van der Waals surface area (Å²) in [5.41, 5.74) is 5.08.